The predicted octanol–water partition coefficient (Wildman–Crippen LogP) is 7.99. The maximum absolute atomic E-state index is 13.6. The van der Waals surface area contributed by atoms with Crippen molar-refractivity contribution in [1.82, 2.24) is 49.7 Å². The first-order valence-corrected chi connectivity index (χ1v) is 22.6. The van der Waals surface area contributed by atoms with Gasteiger partial charge in [0, 0.05) is 63.2 Å². The second-order valence-electron chi connectivity index (χ2n) is 14.7. The molecule has 65 heavy (non-hydrogen) atoms. The van der Waals surface area contributed by atoms with Crippen LogP contribution in [0.4, 0.5) is 49.7 Å². The molecule has 0 saturated carbocycles. The summed E-state index contributed by atoms with van der Waals surface area (Å²) in [5, 5.41) is 23.3. The Morgan fingerprint density at radius 2 is 1.35 bits per heavy atom. The predicted molar refractivity (Wildman–Crippen MR) is 255 cm³/mol. The highest BCUT2D eigenvalue weighted by molar-refractivity contribution is 7.18. The number of aryl methyl sites for hydroxylation is 4. The number of urea groups is 1. The van der Waals surface area contributed by atoms with Crippen LogP contribution in [0.3, 0.4) is 0 Å². The summed E-state index contributed by atoms with van der Waals surface area (Å²) in [6, 6.07) is 12.6. The Balaban J connectivity index is 0.869. The molecule has 1 fully saturated rings. The first-order valence-electron chi connectivity index (χ1n) is 20.2. The lowest BCUT2D eigenvalue weighted by atomic mass is 10.1. The molecule has 5 aromatic heterocycles. The van der Waals surface area contributed by atoms with E-state index in [2.05, 4.69) is 72.1 Å². The maximum atomic E-state index is 13.6. The Kier molecular flexibility index (Phi) is 13.6. The number of benzene rings is 2. The van der Waals surface area contributed by atoms with Crippen molar-refractivity contribution in [1.29, 1.82) is 0 Å². The topological polar surface area (TPSA) is 234 Å². The summed E-state index contributed by atoms with van der Waals surface area (Å²) < 4.78 is 1.88. The maximum Gasteiger partial charge on any atom is 0.317 e. The van der Waals surface area contributed by atoms with E-state index in [4.69, 9.17) is 23.2 Å². The largest absolute Gasteiger partial charge is 0.370 e. The average Bonchev–Trinajstić information content (AvgIpc) is 4.10. The van der Waals surface area contributed by atoms with Crippen molar-refractivity contribution >= 4 is 109 Å². The Morgan fingerprint density at radius 3 is 1.97 bits per heavy atom. The van der Waals surface area contributed by atoms with E-state index in [-0.39, 0.29) is 17.8 Å². The van der Waals surface area contributed by atoms with Crippen LogP contribution in [0, 0.1) is 27.7 Å². The number of hydrogen-bond acceptors (Lipinski definition) is 16. The summed E-state index contributed by atoms with van der Waals surface area (Å²) in [5.74, 6) is 2.56. The summed E-state index contributed by atoms with van der Waals surface area (Å²) in [7, 11) is 0. The van der Waals surface area contributed by atoms with Crippen LogP contribution in [0.25, 0.3) is 5.69 Å². The zero-order chi connectivity index (χ0) is 45.6. The number of carbonyl (C=O) groups excluding carboxylic acids is 3. The van der Waals surface area contributed by atoms with E-state index in [0.717, 1.165) is 28.2 Å². The summed E-state index contributed by atoms with van der Waals surface area (Å²) in [4.78, 5) is 72.0. The quantitative estimate of drug-likeness (QED) is 0.0459. The van der Waals surface area contributed by atoms with Crippen molar-refractivity contribution < 1.29 is 14.4 Å². The number of imidazole rings is 1. The van der Waals surface area contributed by atoms with Gasteiger partial charge in [-0.1, -0.05) is 64.1 Å². The Hall–Kier alpha value is -6.94. The van der Waals surface area contributed by atoms with Crippen molar-refractivity contribution in [2.75, 3.05) is 64.6 Å². The zero-order valence-corrected chi connectivity index (χ0v) is 38.6. The minimum Gasteiger partial charge on any atom is -0.370 e. The second kappa shape index (κ2) is 19.8. The minimum atomic E-state index is -0.377. The number of aromatic nitrogens is 8. The fourth-order valence-electron chi connectivity index (χ4n) is 6.77. The third-order valence-corrected chi connectivity index (χ3v) is 12.4. The van der Waals surface area contributed by atoms with Gasteiger partial charge in [0.1, 0.15) is 44.7 Å². The summed E-state index contributed by atoms with van der Waals surface area (Å²) >= 11 is 15.7. The Bertz CT molecular complexity index is 2880. The number of para-hydroxylation sites is 1. The molecule has 0 aliphatic carbocycles. The van der Waals surface area contributed by atoms with E-state index < -0.39 is 0 Å². The molecular weight excluding hydrogens is 912 g/mol. The van der Waals surface area contributed by atoms with E-state index in [1.807, 2.05) is 42.7 Å². The molecule has 0 spiro atoms. The van der Waals surface area contributed by atoms with Crippen LogP contribution < -0.4 is 37.2 Å². The van der Waals surface area contributed by atoms with Crippen LogP contribution in [0.2, 0.25) is 10.0 Å². The minimum absolute atomic E-state index is 0.0742. The monoisotopic (exact) mass is 952 g/mol. The first kappa shape index (κ1) is 44.7. The number of nitrogens with zero attached hydrogens (tertiary/aromatic N) is 9. The lowest BCUT2D eigenvalue weighted by molar-refractivity contribution is 0.102. The van der Waals surface area contributed by atoms with Crippen LogP contribution in [0.1, 0.15) is 47.8 Å². The standard InChI is InChI=1S/C42H42Cl2N16O3S2/c1-22-6-5-7-27(43)36(22)57-38(61)29-19-49-40(64-29)55-33-16-31(51-24(3)53-33)46-11-10-26-18-45-21-60(26)28-9-8-23(2)37(35(28)44)58-39(62)30-20-50-41(65-30)56-34-17-32(52-25(4)54-34)47-12-14-59-15-13-48-42(59)63/h5-9,16-21H,10-15H2,1-4H3,(H,48,63)(H,57,61)(H,58,62)(H2,46,49,51,53,55)(H2,47,50,52,54,56). The van der Waals surface area contributed by atoms with Crippen molar-refractivity contribution in [2.24, 2.45) is 0 Å². The fraction of sp³-hybridized carbons (Fsp3) is 0.238. The molecule has 1 aliphatic heterocycles. The number of anilines is 8. The van der Waals surface area contributed by atoms with Crippen molar-refractivity contribution in [3.05, 3.63) is 116 Å². The Labute approximate surface area is 390 Å². The molecule has 7 aromatic rings. The molecule has 19 nitrogen and oxygen atoms in total. The molecule has 0 unspecified atom stereocenters. The third kappa shape index (κ3) is 10.9. The van der Waals surface area contributed by atoms with Crippen LogP contribution in [0.15, 0.2) is 67.4 Å². The third-order valence-electron chi connectivity index (χ3n) is 9.93. The van der Waals surface area contributed by atoms with Gasteiger partial charge in [-0.05, 0) is 51.0 Å². The highest BCUT2D eigenvalue weighted by Gasteiger charge is 2.21. The lowest BCUT2D eigenvalue weighted by Gasteiger charge is -2.16. The summed E-state index contributed by atoms with van der Waals surface area (Å²) in [5.41, 5.74) is 4.14. The van der Waals surface area contributed by atoms with Gasteiger partial charge in [-0.3, -0.25) is 9.59 Å². The number of nitrogens with one attached hydrogen (secondary N) is 7. The number of hydrogen-bond donors (Lipinski definition) is 7. The molecular formula is C42H42Cl2N16O3S2. The van der Waals surface area contributed by atoms with E-state index in [9.17, 15) is 14.4 Å². The van der Waals surface area contributed by atoms with Gasteiger partial charge in [-0.2, -0.15) is 0 Å². The molecule has 0 atom stereocenters. The van der Waals surface area contributed by atoms with Gasteiger partial charge in [0.15, 0.2) is 10.3 Å². The van der Waals surface area contributed by atoms with Gasteiger partial charge in [0.25, 0.3) is 11.8 Å². The smallest absolute Gasteiger partial charge is 0.317 e. The molecule has 6 heterocycles. The second-order valence-corrected chi connectivity index (χ2v) is 17.5. The van der Waals surface area contributed by atoms with Gasteiger partial charge in [0.2, 0.25) is 0 Å². The highest BCUT2D eigenvalue weighted by Crippen LogP contribution is 2.34. The first-order chi connectivity index (χ1) is 31.4. The molecule has 4 amide bonds. The molecule has 1 saturated heterocycles. The molecule has 0 bridgehead atoms. The number of rotatable bonds is 17. The van der Waals surface area contributed by atoms with Crippen LogP contribution in [-0.4, -0.2) is 94.9 Å². The van der Waals surface area contributed by atoms with Crippen molar-refractivity contribution in [3.63, 3.8) is 0 Å². The molecule has 2 aromatic carbocycles. The van der Waals surface area contributed by atoms with Gasteiger partial charge in [0.05, 0.1) is 45.8 Å². The Morgan fingerprint density at radius 1 is 0.754 bits per heavy atom. The number of amides is 4. The van der Waals surface area contributed by atoms with Crippen molar-refractivity contribution in [3.8, 4) is 5.69 Å². The van der Waals surface area contributed by atoms with Gasteiger partial charge in [-0.25, -0.2) is 39.7 Å². The number of halogens is 2. The van der Waals surface area contributed by atoms with E-state index >= 15 is 0 Å². The molecule has 334 valence electrons. The zero-order valence-electron chi connectivity index (χ0n) is 35.4. The van der Waals surface area contributed by atoms with Crippen LogP contribution >= 0.6 is 45.9 Å². The number of thiazole rings is 2. The SMILES string of the molecule is Cc1nc(NCCc2cncn2-c2ccc(C)c(NC(=O)c3cnc(Nc4cc(NCCN5CCNC5=O)nc(C)n4)s3)c2Cl)cc(Nc2ncc(C(=O)Nc3c(C)cccc3Cl)s2)n1. The van der Waals surface area contributed by atoms with E-state index in [0.29, 0.717) is 121 Å². The van der Waals surface area contributed by atoms with Gasteiger partial charge in [-0.15, -0.1) is 0 Å². The fourth-order valence-corrected chi connectivity index (χ4v) is 8.82. The average molecular weight is 954 g/mol. The lowest BCUT2D eigenvalue weighted by Crippen LogP contribution is -2.32. The van der Waals surface area contributed by atoms with E-state index in [1.54, 1.807) is 49.5 Å². The van der Waals surface area contributed by atoms with Gasteiger partial charge >= 0.3 is 6.03 Å². The molecule has 8 rings (SSSR count). The number of carbonyl (C=O) groups is 3. The van der Waals surface area contributed by atoms with Crippen LogP contribution in [-0.2, 0) is 6.42 Å². The molecule has 1 aliphatic rings. The van der Waals surface area contributed by atoms with Crippen molar-refractivity contribution in [2.45, 2.75) is 34.1 Å². The molecule has 23 heteroatoms. The molecule has 0 radical (unpaired) electrons. The normalized spacial score (nSPS) is 12.2. The summed E-state index contributed by atoms with van der Waals surface area (Å²) in [6.45, 7) is 10.2. The van der Waals surface area contributed by atoms with Gasteiger partial charge < -0.3 is 46.7 Å². The van der Waals surface area contributed by atoms with Crippen LogP contribution in [0.5, 0.6) is 0 Å². The summed E-state index contributed by atoms with van der Waals surface area (Å²) in [6.07, 6.45) is 6.97. The van der Waals surface area contributed by atoms with E-state index in [1.165, 1.54) is 23.7 Å². The molecule has 7 N–H and O–H groups in total. The highest BCUT2D eigenvalue weighted by atomic mass is 35.5.